The standard InChI is InChI=1S/C42H26Cl4N4.C36H24Cl2N4/c43-33-25-13-23-31(35(33)45)41(47-37(27-15-5-1-6-16-27)38(48-41)28-17-7-2-8-18-28)42(32-24-14-26-34(44)36(32)46)49-39(29-19-9-3-10-20-29)40(50-42)30-21-11-4-12-22-30;37-28-22-13-23-29(30(28)38)42-34(27-20-11-4-12-21-27)33(26-18-9-3-10-19-26)41-36(42)35-39-31(24-14-5-1-6-15-24)32(40-35)25-16-7-2-8-17-25/h1-26H;1-23,34H. The second kappa shape index (κ2) is 25.9. The Balaban J connectivity index is 0.000000162. The van der Waals surface area contributed by atoms with Crippen LogP contribution >= 0.6 is 69.6 Å². The van der Waals surface area contributed by atoms with Gasteiger partial charge in [-0.05, 0) is 35.4 Å². The lowest BCUT2D eigenvalue weighted by molar-refractivity contribution is 0.257. The molecule has 11 aromatic carbocycles. The van der Waals surface area contributed by atoms with Crippen molar-refractivity contribution in [3.05, 3.63) is 395 Å². The number of benzene rings is 11. The molecule has 1 atom stereocenters. The fraction of sp³-hybridized carbons (Fsp3) is 0.0385. The third-order valence-corrected chi connectivity index (χ3v) is 18.6. The Hall–Kier alpha value is -9.61. The van der Waals surface area contributed by atoms with Crippen molar-refractivity contribution >= 4 is 115 Å². The first-order valence-electron chi connectivity index (χ1n) is 29.6. The Morgan fingerprint density at radius 3 is 0.913 bits per heavy atom. The topological polar surface area (TPSA) is 89.8 Å². The van der Waals surface area contributed by atoms with E-state index in [4.69, 9.17) is 105 Å². The minimum Gasteiger partial charge on any atom is -0.308 e. The van der Waals surface area contributed by atoms with Crippen LogP contribution in [-0.4, -0.2) is 40.0 Å². The first kappa shape index (κ1) is 60.0. The van der Waals surface area contributed by atoms with Crippen molar-refractivity contribution in [1.82, 2.24) is 0 Å². The summed E-state index contributed by atoms with van der Waals surface area (Å²) < 4.78 is 0. The normalized spacial score (nSPS) is 16.2. The molecule has 0 fully saturated rings. The zero-order valence-electron chi connectivity index (χ0n) is 48.7. The van der Waals surface area contributed by atoms with E-state index in [1.807, 2.05) is 231 Å². The second-order valence-electron chi connectivity index (χ2n) is 21.8. The molecule has 0 saturated heterocycles. The number of rotatable bonds is 12. The molecule has 0 saturated carbocycles. The van der Waals surface area contributed by atoms with E-state index in [9.17, 15) is 0 Å². The third-order valence-electron chi connectivity index (χ3n) is 16.2. The lowest BCUT2D eigenvalue weighted by atomic mass is 9.82. The molecule has 1 unspecified atom stereocenters. The van der Waals surface area contributed by atoms with Gasteiger partial charge in [-0.3, -0.25) is 0 Å². The summed E-state index contributed by atoms with van der Waals surface area (Å²) in [6.45, 7) is 0. The van der Waals surface area contributed by atoms with Gasteiger partial charge in [0, 0.05) is 44.5 Å². The summed E-state index contributed by atoms with van der Waals surface area (Å²) in [5.74, 6) is 1.11. The molecule has 0 spiro atoms. The Kier molecular flexibility index (Phi) is 16.9. The molecule has 92 heavy (non-hydrogen) atoms. The minimum atomic E-state index is -1.66. The molecule has 4 aliphatic rings. The molecule has 15 rings (SSSR count). The fourth-order valence-electron chi connectivity index (χ4n) is 11.9. The minimum absolute atomic E-state index is 0.278. The Morgan fingerprint density at radius 1 is 0.272 bits per heavy atom. The van der Waals surface area contributed by atoms with Crippen LogP contribution < -0.4 is 4.90 Å². The van der Waals surface area contributed by atoms with Gasteiger partial charge in [0.25, 0.3) is 0 Å². The van der Waals surface area contributed by atoms with Crippen LogP contribution in [0.4, 0.5) is 5.69 Å². The molecule has 444 valence electrons. The fourth-order valence-corrected chi connectivity index (χ4v) is 13.2. The van der Waals surface area contributed by atoms with Crippen LogP contribution in [0.3, 0.4) is 0 Å². The lowest BCUT2D eigenvalue weighted by Crippen LogP contribution is -2.43. The number of halogens is 6. The Morgan fingerprint density at radius 2 is 0.565 bits per heavy atom. The number of nitrogens with zero attached hydrogens (tertiary/aromatic N) is 8. The summed E-state index contributed by atoms with van der Waals surface area (Å²) in [7, 11) is 0. The van der Waals surface area contributed by atoms with Crippen LogP contribution in [0.2, 0.25) is 30.1 Å². The third kappa shape index (κ3) is 11.1. The smallest absolute Gasteiger partial charge is 0.227 e. The van der Waals surface area contributed by atoms with Gasteiger partial charge in [0.15, 0.2) is 11.6 Å². The highest BCUT2D eigenvalue weighted by atomic mass is 35.5. The van der Waals surface area contributed by atoms with Gasteiger partial charge in [0.05, 0.1) is 75.8 Å². The number of hydrogen-bond acceptors (Lipinski definition) is 8. The van der Waals surface area contributed by atoms with E-state index < -0.39 is 11.3 Å². The van der Waals surface area contributed by atoms with Gasteiger partial charge in [-0.1, -0.05) is 343 Å². The van der Waals surface area contributed by atoms with E-state index in [0.717, 1.165) is 67.3 Å². The maximum absolute atomic E-state index is 7.23. The van der Waals surface area contributed by atoms with Crippen LogP contribution in [0.25, 0.3) is 0 Å². The molecule has 0 amide bonds. The zero-order valence-corrected chi connectivity index (χ0v) is 53.2. The predicted molar refractivity (Wildman–Crippen MR) is 382 cm³/mol. The van der Waals surface area contributed by atoms with Crippen LogP contribution in [0.5, 0.6) is 0 Å². The zero-order chi connectivity index (χ0) is 62.8. The van der Waals surface area contributed by atoms with Gasteiger partial charge < -0.3 is 4.90 Å². The van der Waals surface area contributed by atoms with Gasteiger partial charge in [0.2, 0.25) is 11.3 Å². The molecule has 0 N–H and O–H groups in total. The summed E-state index contributed by atoms with van der Waals surface area (Å²) in [6, 6.07) is 96.8. The number of aliphatic imine (C=N–C) groups is 7. The SMILES string of the molecule is Clc1cccc(C2(C3(c4cccc(Cl)c4Cl)N=C(c4ccccc4)C(c4ccccc4)=N3)N=C(c3ccccc3)C(c3ccccc3)=N2)c1Cl.Clc1cccc(N2C(=C3N=C(c4ccccc4)C(c4ccccc4)=N3)N=C(c3ccccc3)C2c2ccccc2)c1Cl. The van der Waals surface area contributed by atoms with Crippen molar-refractivity contribution in [2.45, 2.75) is 17.4 Å². The average Bonchev–Trinajstić information content (AvgIpc) is 1.51. The lowest BCUT2D eigenvalue weighted by Gasteiger charge is -2.39. The molecule has 4 aliphatic heterocycles. The average molecular weight is 1310 g/mol. The first-order chi connectivity index (χ1) is 45.1. The Labute approximate surface area is 563 Å². The highest BCUT2D eigenvalue weighted by Crippen LogP contribution is 2.58. The van der Waals surface area contributed by atoms with Gasteiger partial charge >= 0.3 is 0 Å². The maximum Gasteiger partial charge on any atom is 0.227 e. The predicted octanol–water partition coefficient (Wildman–Crippen LogP) is 20.5. The van der Waals surface area contributed by atoms with Crippen LogP contribution in [0.15, 0.2) is 344 Å². The monoisotopic (exact) mass is 1310 g/mol. The molecular weight excluding hydrogens is 1260 g/mol. The molecule has 0 aromatic heterocycles. The largest absolute Gasteiger partial charge is 0.308 e. The Bertz CT molecular complexity index is 4510. The van der Waals surface area contributed by atoms with E-state index in [1.54, 1.807) is 18.2 Å². The molecule has 0 bridgehead atoms. The molecule has 14 heteroatoms. The quantitative estimate of drug-likeness (QED) is 0.120. The molecular formula is C78H50Cl6N8. The van der Waals surface area contributed by atoms with Gasteiger partial charge in [-0.2, -0.15) is 0 Å². The number of anilines is 1. The van der Waals surface area contributed by atoms with E-state index in [2.05, 4.69) is 53.4 Å². The molecule has 4 heterocycles. The molecule has 8 nitrogen and oxygen atoms in total. The van der Waals surface area contributed by atoms with Crippen molar-refractivity contribution < 1.29 is 0 Å². The van der Waals surface area contributed by atoms with Crippen molar-refractivity contribution in [2.75, 3.05) is 4.90 Å². The van der Waals surface area contributed by atoms with Gasteiger partial charge in [-0.15, -0.1) is 0 Å². The summed E-state index contributed by atoms with van der Waals surface area (Å²) in [6.07, 6.45) is 0. The van der Waals surface area contributed by atoms with E-state index >= 15 is 0 Å². The van der Waals surface area contributed by atoms with Gasteiger partial charge in [-0.25, -0.2) is 34.9 Å². The highest BCUT2D eigenvalue weighted by molar-refractivity contribution is 6.57. The second-order valence-corrected chi connectivity index (χ2v) is 24.1. The van der Waals surface area contributed by atoms with Crippen molar-refractivity contribution in [3.8, 4) is 0 Å². The van der Waals surface area contributed by atoms with Crippen LogP contribution in [0.1, 0.15) is 61.7 Å². The summed E-state index contributed by atoms with van der Waals surface area (Å²) >= 11 is 41.6. The van der Waals surface area contributed by atoms with Crippen LogP contribution in [-0.2, 0) is 11.3 Å². The summed E-state index contributed by atoms with van der Waals surface area (Å²) in [5, 5.41) is 2.15. The van der Waals surface area contributed by atoms with E-state index in [0.29, 0.717) is 65.7 Å². The first-order valence-corrected chi connectivity index (χ1v) is 31.8. The highest BCUT2D eigenvalue weighted by Gasteiger charge is 2.62. The van der Waals surface area contributed by atoms with Crippen LogP contribution in [0, 0.1) is 0 Å². The summed E-state index contributed by atoms with van der Waals surface area (Å²) in [4.78, 5) is 40.2. The van der Waals surface area contributed by atoms with E-state index in [-0.39, 0.29) is 16.1 Å². The van der Waals surface area contributed by atoms with Gasteiger partial charge in [0.1, 0.15) is 6.04 Å². The van der Waals surface area contributed by atoms with Crippen molar-refractivity contribution in [1.29, 1.82) is 0 Å². The maximum atomic E-state index is 7.23. The van der Waals surface area contributed by atoms with Crippen molar-refractivity contribution in [2.24, 2.45) is 34.9 Å². The number of hydrogen-bond donors (Lipinski definition) is 0. The van der Waals surface area contributed by atoms with Crippen molar-refractivity contribution in [3.63, 3.8) is 0 Å². The molecule has 11 aromatic rings. The summed E-state index contributed by atoms with van der Waals surface area (Å²) in [5.41, 5.74) is 10.9. The molecule has 0 radical (unpaired) electrons. The molecule has 0 aliphatic carbocycles. The van der Waals surface area contributed by atoms with E-state index in [1.165, 1.54) is 0 Å².